The number of carbonyl (C=O) groups excluding carboxylic acids is 2. The molecule has 9 heteroatoms. The Bertz CT molecular complexity index is 1420. The molecule has 0 bridgehead atoms. The van der Waals surface area contributed by atoms with Gasteiger partial charge < -0.3 is 19.9 Å². The first-order valence-electron chi connectivity index (χ1n) is 11.3. The first kappa shape index (κ1) is 25.3. The molecule has 0 fully saturated rings. The fourth-order valence-corrected chi connectivity index (χ4v) is 4.80. The molecule has 0 unspecified atom stereocenters. The van der Waals surface area contributed by atoms with Crippen LogP contribution in [-0.4, -0.2) is 49.0 Å². The summed E-state index contributed by atoms with van der Waals surface area (Å²) in [6.45, 7) is -0.0356. The molecule has 0 radical (unpaired) electrons. The summed E-state index contributed by atoms with van der Waals surface area (Å²) in [6.07, 6.45) is -0.0233. The number of carbonyl (C=O) groups is 2. The van der Waals surface area contributed by atoms with Crippen LogP contribution < -0.4 is 14.8 Å². The Morgan fingerprint density at radius 2 is 1.89 bits per heavy atom. The number of hydrogen-bond donors (Lipinski definition) is 2. The van der Waals surface area contributed by atoms with E-state index in [9.17, 15) is 14.0 Å². The van der Waals surface area contributed by atoms with E-state index in [2.05, 4.69) is 10.3 Å². The Morgan fingerprint density at radius 3 is 2.64 bits per heavy atom. The van der Waals surface area contributed by atoms with Gasteiger partial charge in [0.25, 0.3) is 0 Å². The summed E-state index contributed by atoms with van der Waals surface area (Å²) < 4.78 is 25.4. The van der Waals surface area contributed by atoms with E-state index >= 15 is 0 Å². The van der Waals surface area contributed by atoms with Crippen molar-refractivity contribution in [1.82, 2.24) is 4.98 Å². The molecule has 36 heavy (non-hydrogen) atoms. The zero-order chi connectivity index (χ0) is 25.7. The average Bonchev–Trinajstić information content (AvgIpc) is 3.35. The topological polar surface area (TPSA) is 97.8 Å². The van der Waals surface area contributed by atoms with E-state index in [1.54, 1.807) is 43.4 Å². The zero-order valence-corrected chi connectivity index (χ0v) is 20.7. The third-order valence-corrected chi connectivity index (χ3v) is 6.67. The number of ether oxygens (including phenoxy) is 2. The highest BCUT2D eigenvalue weighted by Crippen LogP contribution is 2.37. The van der Waals surface area contributed by atoms with Gasteiger partial charge in [0, 0.05) is 41.8 Å². The van der Waals surface area contributed by atoms with E-state index < -0.39 is 0 Å². The standard InChI is InChI=1S/C27H25FN2O5S/c1-29-21-8-7-20(30-26(21)18-15-36-27-17(18)4-3-5-19(27)28)23(33)10-9-22(32)16-6-11-24(35-13-12-31)25(14-16)34-2/h3-8,11,14-15,29,31H,9-10,12-13H2,1-2H3. The number of nitrogens with zero attached hydrogens (tertiary/aromatic N) is 1. The first-order chi connectivity index (χ1) is 17.5. The maximum atomic E-state index is 14.2. The van der Waals surface area contributed by atoms with Crippen molar-refractivity contribution in [3.63, 3.8) is 0 Å². The molecule has 0 spiro atoms. The van der Waals surface area contributed by atoms with Crippen molar-refractivity contribution in [1.29, 1.82) is 0 Å². The van der Waals surface area contributed by atoms with E-state index in [1.807, 2.05) is 11.4 Å². The molecular weight excluding hydrogens is 483 g/mol. The number of rotatable bonds is 11. The molecule has 0 saturated carbocycles. The van der Waals surface area contributed by atoms with Gasteiger partial charge in [-0.2, -0.15) is 0 Å². The predicted octanol–water partition coefficient (Wildman–Crippen LogP) is 5.37. The van der Waals surface area contributed by atoms with Crippen molar-refractivity contribution in [3.8, 4) is 22.8 Å². The highest BCUT2D eigenvalue weighted by atomic mass is 32.1. The average molecular weight is 509 g/mol. The van der Waals surface area contributed by atoms with Crippen LogP contribution in [0.3, 0.4) is 0 Å². The Kier molecular flexibility index (Phi) is 7.92. The molecule has 4 rings (SSSR count). The summed E-state index contributed by atoms with van der Waals surface area (Å²) in [4.78, 5) is 30.3. The van der Waals surface area contributed by atoms with E-state index in [1.165, 1.54) is 24.5 Å². The highest BCUT2D eigenvalue weighted by Gasteiger charge is 2.18. The van der Waals surface area contributed by atoms with E-state index in [0.717, 1.165) is 10.9 Å². The number of Topliss-reactive ketones (excluding diaryl/α,β-unsaturated/α-hetero) is 2. The summed E-state index contributed by atoms with van der Waals surface area (Å²) in [5.74, 6) is -0.00457. The van der Waals surface area contributed by atoms with Gasteiger partial charge in [-0.05, 0) is 36.4 Å². The van der Waals surface area contributed by atoms with Gasteiger partial charge in [-0.25, -0.2) is 9.37 Å². The molecular formula is C27H25FN2O5S. The molecule has 0 aliphatic heterocycles. The number of thiophene rings is 1. The number of aliphatic hydroxyl groups is 1. The van der Waals surface area contributed by atoms with Gasteiger partial charge in [0.2, 0.25) is 0 Å². The van der Waals surface area contributed by atoms with E-state index in [0.29, 0.717) is 33.1 Å². The fourth-order valence-electron chi connectivity index (χ4n) is 3.84. The summed E-state index contributed by atoms with van der Waals surface area (Å²) >= 11 is 1.28. The minimum atomic E-state index is -0.301. The molecule has 0 aliphatic carbocycles. The number of ketones is 2. The lowest BCUT2D eigenvalue weighted by Crippen LogP contribution is -2.09. The van der Waals surface area contributed by atoms with E-state index in [4.69, 9.17) is 14.6 Å². The van der Waals surface area contributed by atoms with Crippen LogP contribution in [0.5, 0.6) is 11.5 Å². The molecule has 2 N–H and O–H groups in total. The Labute approximate surface area is 211 Å². The third kappa shape index (κ3) is 5.22. The maximum absolute atomic E-state index is 14.2. The molecule has 0 amide bonds. The number of anilines is 1. The molecule has 2 aromatic carbocycles. The quantitative estimate of drug-likeness (QED) is 0.263. The monoisotopic (exact) mass is 508 g/mol. The number of methoxy groups -OCH3 is 1. The number of fused-ring (bicyclic) bond motifs is 1. The van der Waals surface area contributed by atoms with Crippen molar-refractivity contribution in [3.05, 3.63) is 71.0 Å². The third-order valence-electron chi connectivity index (χ3n) is 5.67. The van der Waals surface area contributed by atoms with Gasteiger partial charge in [-0.1, -0.05) is 12.1 Å². The van der Waals surface area contributed by atoms with Crippen molar-refractivity contribution in [2.75, 3.05) is 32.7 Å². The normalized spacial score (nSPS) is 10.9. The van der Waals surface area contributed by atoms with Gasteiger partial charge >= 0.3 is 0 Å². The van der Waals surface area contributed by atoms with Crippen molar-refractivity contribution >= 4 is 38.7 Å². The van der Waals surface area contributed by atoms with Crippen molar-refractivity contribution in [2.24, 2.45) is 0 Å². The number of aromatic nitrogens is 1. The lowest BCUT2D eigenvalue weighted by molar-refractivity contribution is 0.0915. The number of aliphatic hydroxyl groups excluding tert-OH is 1. The van der Waals surface area contributed by atoms with Crippen LogP contribution in [-0.2, 0) is 0 Å². The summed E-state index contributed by atoms with van der Waals surface area (Å²) in [7, 11) is 3.21. The van der Waals surface area contributed by atoms with Crippen LogP contribution in [0.4, 0.5) is 10.1 Å². The lowest BCUT2D eigenvalue weighted by atomic mass is 10.0. The Morgan fingerprint density at radius 1 is 1.08 bits per heavy atom. The summed E-state index contributed by atoms with van der Waals surface area (Å²) in [5, 5.41) is 14.6. The second kappa shape index (κ2) is 11.3. The summed E-state index contributed by atoms with van der Waals surface area (Å²) in [5.41, 5.74) is 2.62. The molecule has 7 nitrogen and oxygen atoms in total. The number of benzene rings is 2. The minimum absolute atomic E-state index is 0.00375. The van der Waals surface area contributed by atoms with Crippen LogP contribution in [0.2, 0.25) is 0 Å². The Balaban J connectivity index is 1.52. The number of nitrogens with one attached hydrogen (secondary N) is 1. The van der Waals surface area contributed by atoms with Crippen LogP contribution in [0, 0.1) is 5.82 Å². The predicted molar refractivity (Wildman–Crippen MR) is 138 cm³/mol. The van der Waals surface area contributed by atoms with Gasteiger partial charge in [-0.3, -0.25) is 9.59 Å². The largest absolute Gasteiger partial charge is 0.493 e. The second-order valence-corrected chi connectivity index (χ2v) is 8.77. The molecule has 0 atom stereocenters. The first-order valence-corrected chi connectivity index (χ1v) is 12.2. The molecule has 2 heterocycles. The molecule has 0 aliphatic rings. The summed E-state index contributed by atoms with van der Waals surface area (Å²) in [6, 6.07) is 13.0. The maximum Gasteiger partial charge on any atom is 0.181 e. The van der Waals surface area contributed by atoms with Gasteiger partial charge in [0.15, 0.2) is 23.1 Å². The smallest absolute Gasteiger partial charge is 0.181 e. The molecule has 0 saturated heterocycles. The molecule has 186 valence electrons. The SMILES string of the molecule is CNc1ccc(C(=O)CCC(=O)c2ccc(OCCO)c(OC)c2)nc1-c1csc2c(F)cccc12. The van der Waals surface area contributed by atoms with Crippen molar-refractivity contribution in [2.45, 2.75) is 12.8 Å². The number of pyridine rings is 1. The van der Waals surface area contributed by atoms with Crippen molar-refractivity contribution < 1.29 is 28.6 Å². The van der Waals surface area contributed by atoms with Gasteiger partial charge in [-0.15, -0.1) is 11.3 Å². The number of hydrogen-bond acceptors (Lipinski definition) is 8. The fraction of sp³-hybridized carbons (Fsp3) is 0.222. The zero-order valence-electron chi connectivity index (χ0n) is 19.8. The molecule has 2 aromatic heterocycles. The van der Waals surface area contributed by atoms with Crippen LogP contribution in [0.1, 0.15) is 33.7 Å². The highest BCUT2D eigenvalue weighted by molar-refractivity contribution is 7.17. The van der Waals surface area contributed by atoms with Crippen LogP contribution >= 0.6 is 11.3 Å². The van der Waals surface area contributed by atoms with E-state index in [-0.39, 0.29) is 49.1 Å². The lowest BCUT2D eigenvalue weighted by Gasteiger charge is -2.11. The van der Waals surface area contributed by atoms with Gasteiger partial charge in [0.1, 0.15) is 18.1 Å². The van der Waals surface area contributed by atoms with Crippen LogP contribution in [0.15, 0.2) is 53.9 Å². The number of halogens is 1. The molecule has 4 aromatic rings. The van der Waals surface area contributed by atoms with Gasteiger partial charge in [0.05, 0.1) is 29.8 Å². The second-order valence-electron chi connectivity index (χ2n) is 7.89. The van der Waals surface area contributed by atoms with Crippen LogP contribution in [0.25, 0.3) is 21.3 Å². The Hall–Kier alpha value is -3.82. The minimum Gasteiger partial charge on any atom is -0.493 e.